The molecule has 2 rings (SSSR count). The van der Waals surface area contributed by atoms with Gasteiger partial charge in [0.05, 0.1) is 6.10 Å². The van der Waals surface area contributed by atoms with Gasteiger partial charge in [-0.1, -0.05) is 0 Å². The maximum absolute atomic E-state index is 11.8. The molecule has 0 aromatic carbocycles. The minimum Gasteiger partial charge on any atom is -0.378 e. The number of rotatable bonds is 1. The van der Waals surface area contributed by atoms with Crippen molar-refractivity contribution in [2.24, 2.45) is 0 Å². The van der Waals surface area contributed by atoms with Crippen molar-refractivity contribution in [3.8, 4) is 0 Å². The minimum absolute atomic E-state index is 0.100. The zero-order valence-electron chi connectivity index (χ0n) is 10.0. The average molecular weight is 225 g/mol. The molecule has 2 aliphatic heterocycles. The molecule has 2 atom stereocenters. The summed E-state index contributed by atoms with van der Waals surface area (Å²) in [5, 5.41) is 10.7. The molecule has 2 saturated heterocycles. The van der Waals surface area contributed by atoms with Crippen molar-refractivity contribution in [3.05, 3.63) is 0 Å². The SMILES string of the molecule is CC1CC2(CCO1)C(=N)NC(=O)N2C(C)C. The highest BCUT2D eigenvalue weighted by atomic mass is 16.5. The van der Waals surface area contributed by atoms with Gasteiger partial charge in [-0.05, 0) is 20.8 Å². The second kappa shape index (κ2) is 3.73. The van der Waals surface area contributed by atoms with Gasteiger partial charge in [-0.3, -0.25) is 10.7 Å². The molecular formula is C11H19N3O2. The van der Waals surface area contributed by atoms with Crippen LogP contribution in [0.4, 0.5) is 4.79 Å². The minimum atomic E-state index is -0.455. The molecule has 90 valence electrons. The second-order valence-electron chi connectivity index (χ2n) is 4.94. The number of carbonyl (C=O) groups excluding carboxylic acids is 1. The predicted molar refractivity (Wildman–Crippen MR) is 60.6 cm³/mol. The van der Waals surface area contributed by atoms with Gasteiger partial charge in [0.15, 0.2) is 0 Å². The number of amides is 2. The number of carbonyl (C=O) groups is 1. The molecule has 0 saturated carbocycles. The van der Waals surface area contributed by atoms with Gasteiger partial charge in [-0.25, -0.2) is 4.79 Å². The smallest absolute Gasteiger partial charge is 0.323 e. The van der Waals surface area contributed by atoms with E-state index in [0.29, 0.717) is 25.3 Å². The van der Waals surface area contributed by atoms with Crippen LogP contribution in [0.1, 0.15) is 33.6 Å². The molecule has 5 heteroatoms. The summed E-state index contributed by atoms with van der Waals surface area (Å²) in [6, 6.07) is -0.0396. The number of hydrogen-bond donors (Lipinski definition) is 2. The van der Waals surface area contributed by atoms with Crippen molar-refractivity contribution in [3.63, 3.8) is 0 Å². The lowest BCUT2D eigenvalue weighted by atomic mass is 9.84. The molecule has 0 bridgehead atoms. The van der Waals surface area contributed by atoms with Gasteiger partial charge < -0.3 is 9.64 Å². The molecule has 2 amide bonds. The van der Waals surface area contributed by atoms with E-state index in [1.165, 1.54) is 0 Å². The van der Waals surface area contributed by atoms with Crippen molar-refractivity contribution in [2.75, 3.05) is 6.61 Å². The van der Waals surface area contributed by atoms with Gasteiger partial charge in [0, 0.05) is 25.5 Å². The fourth-order valence-corrected chi connectivity index (χ4v) is 2.84. The lowest BCUT2D eigenvalue weighted by Crippen LogP contribution is -2.56. The van der Waals surface area contributed by atoms with Crippen LogP contribution in [-0.2, 0) is 4.74 Å². The van der Waals surface area contributed by atoms with Crippen LogP contribution >= 0.6 is 0 Å². The summed E-state index contributed by atoms with van der Waals surface area (Å²) in [7, 11) is 0. The number of urea groups is 1. The number of amidine groups is 1. The van der Waals surface area contributed by atoms with E-state index in [4.69, 9.17) is 10.1 Å². The maximum atomic E-state index is 11.8. The zero-order chi connectivity index (χ0) is 11.9. The fraction of sp³-hybridized carbons (Fsp3) is 0.818. The van der Waals surface area contributed by atoms with E-state index in [0.717, 1.165) is 0 Å². The van der Waals surface area contributed by atoms with Crippen LogP contribution in [0.5, 0.6) is 0 Å². The van der Waals surface area contributed by atoms with E-state index in [2.05, 4.69) is 5.32 Å². The predicted octanol–water partition coefficient (Wildman–Crippen LogP) is 1.33. The third-order valence-electron chi connectivity index (χ3n) is 3.44. The topological polar surface area (TPSA) is 65.4 Å². The van der Waals surface area contributed by atoms with Crippen molar-refractivity contribution in [1.29, 1.82) is 5.41 Å². The second-order valence-corrected chi connectivity index (χ2v) is 4.94. The van der Waals surface area contributed by atoms with Gasteiger partial charge in [0.25, 0.3) is 0 Å². The molecule has 5 nitrogen and oxygen atoms in total. The number of nitrogens with one attached hydrogen (secondary N) is 2. The number of ether oxygens (including phenoxy) is 1. The summed E-state index contributed by atoms with van der Waals surface area (Å²) in [5.41, 5.74) is -0.455. The summed E-state index contributed by atoms with van der Waals surface area (Å²) < 4.78 is 5.51. The Morgan fingerprint density at radius 2 is 2.31 bits per heavy atom. The molecule has 16 heavy (non-hydrogen) atoms. The van der Waals surface area contributed by atoms with Crippen LogP contribution in [0.2, 0.25) is 0 Å². The van der Waals surface area contributed by atoms with E-state index < -0.39 is 5.54 Å². The van der Waals surface area contributed by atoms with Crippen molar-refractivity contribution >= 4 is 11.9 Å². The molecule has 1 spiro atoms. The molecule has 2 unspecified atom stereocenters. The standard InChI is InChI=1S/C11H19N3O2/c1-7(2)14-10(15)13-9(12)11(14)4-5-16-8(3)6-11/h7-8H,4-6H2,1-3H3,(H2,12,13,15). The highest BCUT2D eigenvalue weighted by Gasteiger charge is 2.53. The Kier molecular flexibility index (Phi) is 2.66. The van der Waals surface area contributed by atoms with Gasteiger partial charge in [-0.15, -0.1) is 0 Å². The summed E-state index contributed by atoms with van der Waals surface area (Å²) in [5.74, 6) is 0.335. The van der Waals surface area contributed by atoms with Crippen LogP contribution < -0.4 is 5.32 Å². The summed E-state index contributed by atoms with van der Waals surface area (Å²) in [6.07, 6.45) is 1.53. The maximum Gasteiger partial charge on any atom is 0.323 e. The third-order valence-corrected chi connectivity index (χ3v) is 3.44. The lowest BCUT2D eigenvalue weighted by Gasteiger charge is -2.43. The molecule has 0 aromatic heterocycles. The Hall–Kier alpha value is -1.10. The van der Waals surface area contributed by atoms with E-state index in [1.54, 1.807) is 4.90 Å². The van der Waals surface area contributed by atoms with Crippen molar-refractivity contribution in [2.45, 2.75) is 51.3 Å². The van der Waals surface area contributed by atoms with E-state index in [1.807, 2.05) is 20.8 Å². The summed E-state index contributed by atoms with van der Waals surface area (Å²) >= 11 is 0. The van der Waals surface area contributed by atoms with Gasteiger partial charge in [0.1, 0.15) is 11.4 Å². The largest absolute Gasteiger partial charge is 0.378 e. The lowest BCUT2D eigenvalue weighted by molar-refractivity contribution is -0.0284. The van der Waals surface area contributed by atoms with Crippen LogP contribution in [0, 0.1) is 5.41 Å². The summed E-state index contributed by atoms with van der Waals surface area (Å²) in [6.45, 7) is 6.58. The molecule has 2 aliphatic rings. The molecule has 2 N–H and O–H groups in total. The van der Waals surface area contributed by atoms with Crippen LogP contribution in [0.15, 0.2) is 0 Å². The normalized spacial score (nSPS) is 35.0. The highest BCUT2D eigenvalue weighted by molar-refractivity contribution is 6.08. The highest BCUT2D eigenvalue weighted by Crippen LogP contribution is 2.36. The van der Waals surface area contributed by atoms with Crippen LogP contribution in [0.3, 0.4) is 0 Å². The quantitative estimate of drug-likeness (QED) is 0.707. The molecule has 0 aromatic rings. The van der Waals surface area contributed by atoms with Gasteiger partial charge in [-0.2, -0.15) is 0 Å². The first-order chi connectivity index (χ1) is 7.47. The zero-order valence-corrected chi connectivity index (χ0v) is 10.0. The Bertz CT molecular complexity index is 329. The Balaban J connectivity index is 2.34. The van der Waals surface area contributed by atoms with E-state index in [-0.39, 0.29) is 18.2 Å². The fourth-order valence-electron chi connectivity index (χ4n) is 2.84. The van der Waals surface area contributed by atoms with Gasteiger partial charge in [0.2, 0.25) is 0 Å². The average Bonchev–Trinajstić information content (AvgIpc) is 2.37. The number of hydrogen-bond acceptors (Lipinski definition) is 3. The first-order valence-corrected chi connectivity index (χ1v) is 5.78. The first kappa shape index (κ1) is 11.4. The summed E-state index contributed by atoms with van der Waals surface area (Å²) in [4.78, 5) is 13.6. The van der Waals surface area contributed by atoms with E-state index >= 15 is 0 Å². The van der Waals surface area contributed by atoms with Crippen LogP contribution in [0.25, 0.3) is 0 Å². The van der Waals surface area contributed by atoms with Crippen molar-refractivity contribution in [1.82, 2.24) is 10.2 Å². The van der Waals surface area contributed by atoms with E-state index in [9.17, 15) is 4.79 Å². The molecule has 0 aliphatic carbocycles. The molecule has 0 radical (unpaired) electrons. The number of nitrogens with zero attached hydrogens (tertiary/aromatic N) is 1. The molecule has 2 fully saturated rings. The molecule has 2 heterocycles. The Morgan fingerprint density at radius 1 is 1.62 bits per heavy atom. The Morgan fingerprint density at radius 3 is 2.88 bits per heavy atom. The third kappa shape index (κ3) is 1.50. The monoisotopic (exact) mass is 225 g/mol. The van der Waals surface area contributed by atoms with Crippen molar-refractivity contribution < 1.29 is 9.53 Å². The van der Waals surface area contributed by atoms with Gasteiger partial charge >= 0.3 is 6.03 Å². The molecular weight excluding hydrogens is 206 g/mol. The Labute approximate surface area is 95.6 Å². The first-order valence-electron chi connectivity index (χ1n) is 5.78. The van der Waals surface area contributed by atoms with Crippen LogP contribution in [-0.4, -0.2) is 41.1 Å².